The molecule has 2 aliphatic rings. The summed E-state index contributed by atoms with van der Waals surface area (Å²) in [6.45, 7) is 1.81. The maximum absolute atomic E-state index is 12.9. The molecular weight excluding hydrogens is 558 g/mol. The van der Waals surface area contributed by atoms with Crippen LogP contribution in [0, 0.1) is 6.92 Å². The quantitative estimate of drug-likeness (QED) is 0.126. The SMILES string of the molecule is CON=C(C(=O)N[C@@H]1C(=O)N2C(C(=O)O)=C(/C=C/OS(=O)(=O)c3ccc(C)cc3)CS[C@H]12)c1csc(N)n1. The summed E-state index contributed by atoms with van der Waals surface area (Å²) in [5, 5.41) is 17.0. The molecule has 4 N–H and O–H groups in total. The van der Waals surface area contributed by atoms with E-state index in [0.29, 0.717) is 0 Å². The van der Waals surface area contributed by atoms with Crippen LogP contribution in [0.15, 0.2) is 63.3 Å². The summed E-state index contributed by atoms with van der Waals surface area (Å²) in [5.74, 6) is -2.71. The monoisotopic (exact) mass is 579 g/mol. The number of amides is 2. The number of allylic oxidation sites excluding steroid dienone is 1. The molecule has 1 saturated heterocycles. The van der Waals surface area contributed by atoms with Crippen LogP contribution in [0.3, 0.4) is 0 Å². The summed E-state index contributed by atoms with van der Waals surface area (Å²) in [6, 6.07) is 4.97. The number of fused-ring (bicyclic) bond motifs is 1. The van der Waals surface area contributed by atoms with Gasteiger partial charge in [-0.1, -0.05) is 22.9 Å². The van der Waals surface area contributed by atoms with Crippen molar-refractivity contribution in [2.24, 2.45) is 5.16 Å². The van der Waals surface area contributed by atoms with E-state index in [2.05, 4.69) is 15.5 Å². The average Bonchev–Trinajstić information content (AvgIpc) is 3.30. The zero-order chi connectivity index (χ0) is 27.6. The molecule has 16 heteroatoms. The van der Waals surface area contributed by atoms with Crippen LogP contribution in [0.1, 0.15) is 11.3 Å². The van der Waals surface area contributed by atoms with Crippen molar-refractivity contribution < 1.29 is 36.9 Å². The number of hydrogen-bond acceptors (Lipinski definition) is 12. The van der Waals surface area contributed by atoms with Gasteiger partial charge in [0.05, 0.1) is 0 Å². The summed E-state index contributed by atoms with van der Waals surface area (Å²) in [5.41, 5.74) is 6.27. The summed E-state index contributed by atoms with van der Waals surface area (Å²) in [4.78, 5) is 47.4. The maximum Gasteiger partial charge on any atom is 0.352 e. The van der Waals surface area contributed by atoms with E-state index in [1.54, 1.807) is 19.1 Å². The number of nitrogens with two attached hydrogens (primary N) is 1. The number of aromatic nitrogens is 1. The minimum absolute atomic E-state index is 0.0634. The van der Waals surface area contributed by atoms with Gasteiger partial charge in [-0.15, -0.1) is 23.1 Å². The third-order valence-corrected chi connectivity index (χ3v) is 8.60. The highest BCUT2D eigenvalue weighted by Gasteiger charge is 2.54. The molecule has 0 spiro atoms. The molecule has 1 aromatic heterocycles. The largest absolute Gasteiger partial charge is 0.477 e. The summed E-state index contributed by atoms with van der Waals surface area (Å²) >= 11 is 2.27. The van der Waals surface area contributed by atoms with Crippen molar-refractivity contribution in [1.29, 1.82) is 0 Å². The number of oxime groups is 1. The Morgan fingerprint density at radius 3 is 2.63 bits per heavy atom. The van der Waals surface area contributed by atoms with Gasteiger partial charge in [-0.05, 0) is 30.7 Å². The number of aliphatic carboxylic acids is 1. The van der Waals surface area contributed by atoms with Crippen molar-refractivity contribution in [3.63, 3.8) is 0 Å². The Kier molecular flexibility index (Phi) is 7.75. The van der Waals surface area contributed by atoms with Crippen LogP contribution in [0.25, 0.3) is 0 Å². The van der Waals surface area contributed by atoms with Crippen LogP contribution in [-0.4, -0.2) is 71.2 Å². The van der Waals surface area contributed by atoms with Crippen LogP contribution in [0.2, 0.25) is 0 Å². The van der Waals surface area contributed by atoms with Crippen LogP contribution in [-0.2, 0) is 33.5 Å². The highest BCUT2D eigenvalue weighted by atomic mass is 32.2. The van der Waals surface area contributed by atoms with Crippen molar-refractivity contribution in [3.8, 4) is 0 Å². The Bertz CT molecular complexity index is 1480. The fraction of sp³-hybridized carbons (Fsp3) is 0.227. The number of thiazole rings is 1. The molecule has 2 aliphatic heterocycles. The molecule has 38 heavy (non-hydrogen) atoms. The van der Waals surface area contributed by atoms with Gasteiger partial charge < -0.3 is 25.2 Å². The van der Waals surface area contributed by atoms with Crippen LogP contribution >= 0.6 is 23.1 Å². The fourth-order valence-corrected chi connectivity index (χ4v) is 6.27. The molecule has 2 amide bonds. The van der Waals surface area contributed by atoms with E-state index in [-0.39, 0.29) is 38.5 Å². The molecule has 0 saturated carbocycles. The van der Waals surface area contributed by atoms with Gasteiger partial charge >= 0.3 is 16.1 Å². The average molecular weight is 580 g/mol. The van der Waals surface area contributed by atoms with Gasteiger partial charge in [0.15, 0.2) is 10.8 Å². The molecule has 1 aromatic carbocycles. The van der Waals surface area contributed by atoms with Crippen molar-refractivity contribution in [1.82, 2.24) is 15.2 Å². The lowest BCUT2D eigenvalue weighted by molar-refractivity contribution is -0.150. The molecule has 3 heterocycles. The van der Waals surface area contributed by atoms with Crippen LogP contribution in [0.5, 0.6) is 0 Å². The number of anilines is 1. The minimum atomic E-state index is -4.12. The number of carboxylic acid groups (broad SMARTS) is 1. The Labute approximate surface area is 225 Å². The van der Waals surface area contributed by atoms with E-state index in [0.717, 1.165) is 28.1 Å². The van der Waals surface area contributed by atoms with Crippen molar-refractivity contribution >= 4 is 61.8 Å². The Hall–Kier alpha value is -3.89. The molecule has 2 aromatic rings. The second-order valence-electron chi connectivity index (χ2n) is 7.90. The highest BCUT2D eigenvalue weighted by Crippen LogP contribution is 2.40. The first-order valence-corrected chi connectivity index (χ1v) is 14.1. The van der Waals surface area contributed by atoms with E-state index >= 15 is 0 Å². The first-order valence-electron chi connectivity index (χ1n) is 10.7. The molecule has 200 valence electrons. The zero-order valence-corrected chi connectivity index (χ0v) is 22.3. The van der Waals surface area contributed by atoms with Crippen molar-refractivity contribution in [2.45, 2.75) is 23.2 Å². The third kappa shape index (κ3) is 5.36. The molecule has 4 rings (SSSR count). The third-order valence-electron chi connectivity index (χ3n) is 5.41. The summed E-state index contributed by atoms with van der Waals surface area (Å²) in [7, 11) is -2.88. The highest BCUT2D eigenvalue weighted by molar-refractivity contribution is 8.00. The van der Waals surface area contributed by atoms with Gasteiger partial charge in [0.2, 0.25) is 0 Å². The van der Waals surface area contributed by atoms with E-state index in [9.17, 15) is 27.9 Å². The molecule has 0 unspecified atom stereocenters. The standard InChI is InChI=1S/C22H21N5O8S3/c1-11-3-5-13(6-4-11)38(32,33)35-8-7-12-9-36-20-16(19(29)27(20)17(12)21(30)31)25-18(28)15(26-34-2)14-10-37-22(23)24-14/h3-8,10,16,20H,9H2,1-2H3,(H2,23,24)(H,25,28)(H,30,31)/b8-7+,26-15?/t16-,20-/m1/s1. The second-order valence-corrected chi connectivity index (χ2v) is 11.5. The molecule has 13 nitrogen and oxygen atoms in total. The molecule has 0 aliphatic carbocycles. The fourth-order valence-electron chi connectivity index (χ4n) is 3.62. The van der Waals surface area contributed by atoms with Gasteiger partial charge in [0.25, 0.3) is 11.8 Å². The van der Waals surface area contributed by atoms with Crippen molar-refractivity contribution in [3.05, 3.63) is 64.5 Å². The number of thioether (sulfide) groups is 1. The topological polar surface area (TPSA) is 191 Å². The predicted molar refractivity (Wildman–Crippen MR) is 138 cm³/mol. The van der Waals surface area contributed by atoms with E-state index in [1.165, 1.54) is 42.5 Å². The number of benzene rings is 1. The number of carbonyl (C=O) groups is 3. The first kappa shape index (κ1) is 27.2. The van der Waals surface area contributed by atoms with Crippen LogP contribution < -0.4 is 11.1 Å². The molecule has 0 bridgehead atoms. The number of nitrogen functional groups attached to an aromatic ring is 1. The van der Waals surface area contributed by atoms with Gasteiger partial charge in [-0.2, -0.15) is 8.42 Å². The molecule has 2 atom stereocenters. The van der Waals surface area contributed by atoms with E-state index < -0.39 is 39.3 Å². The Morgan fingerprint density at radius 2 is 2.03 bits per heavy atom. The molecule has 1 fully saturated rings. The lowest BCUT2D eigenvalue weighted by Gasteiger charge is -2.49. The van der Waals surface area contributed by atoms with Gasteiger partial charge in [-0.3, -0.25) is 14.5 Å². The first-order chi connectivity index (χ1) is 18.0. The summed E-state index contributed by atoms with van der Waals surface area (Å²) in [6.07, 6.45) is 2.05. The van der Waals surface area contributed by atoms with Gasteiger partial charge in [0.1, 0.15) is 41.1 Å². The summed E-state index contributed by atoms with van der Waals surface area (Å²) < 4.78 is 29.7. The van der Waals surface area contributed by atoms with E-state index in [4.69, 9.17) is 14.8 Å². The van der Waals surface area contributed by atoms with Crippen molar-refractivity contribution in [2.75, 3.05) is 18.6 Å². The Balaban J connectivity index is 1.49. The number of aryl methyl sites for hydroxylation is 1. The number of nitrogens with zero attached hydrogens (tertiary/aromatic N) is 3. The molecule has 0 radical (unpaired) electrons. The predicted octanol–water partition coefficient (Wildman–Crippen LogP) is 1.04. The van der Waals surface area contributed by atoms with Crippen LogP contribution in [0.4, 0.5) is 5.13 Å². The number of carbonyl (C=O) groups excluding carboxylic acids is 2. The number of nitrogens with one attached hydrogen (secondary N) is 1. The molecular formula is C22H21N5O8S3. The normalized spacial score (nSPS) is 19.7. The lowest BCUT2D eigenvalue weighted by Crippen LogP contribution is -2.71. The van der Waals surface area contributed by atoms with E-state index in [1.807, 2.05) is 0 Å². The smallest absolute Gasteiger partial charge is 0.352 e. The number of rotatable bonds is 9. The number of β-lactam (4-membered cyclic amide) rings is 1. The number of carboxylic acids is 1. The minimum Gasteiger partial charge on any atom is -0.477 e. The number of hydrogen-bond donors (Lipinski definition) is 3. The Morgan fingerprint density at radius 1 is 1.32 bits per heavy atom. The maximum atomic E-state index is 12.9. The zero-order valence-electron chi connectivity index (χ0n) is 19.9. The second kappa shape index (κ2) is 10.8. The van der Waals surface area contributed by atoms with Gasteiger partial charge in [0, 0.05) is 11.1 Å². The van der Waals surface area contributed by atoms with Gasteiger partial charge in [-0.25, -0.2) is 9.78 Å². The lowest BCUT2D eigenvalue weighted by atomic mass is 10.0.